The molecular weight excluding hydrogens is 447 g/mol. The van der Waals surface area contributed by atoms with Crippen LogP contribution in [0.15, 0.2) is 6.20 Å². The number of aromatic nitrogens is 3. The fraction of sp³-hybridized carbons (Fsp3) is 0.667. The Bertz CT molecular complexity index is 1020. The SMILES string of the molecule is OC1CN(c2nc(OC[C@@]34CCCN3C[C@H](F)C4)nc3c(F)c(Cl)ncc23)CCCC1F. The van der Waals surface area contributed by atoms with Crippen LogP contribution in [0.4, 0.5) is 19.0 Å². The van der Waals surface area contributed by atoms with Gasteiger partial charge < -0.3 is 14.7 Å². The first-order valence-corrected chi connectivity index (χ1v) is 11.3. The average Bonchev–Trinajstić information content (AvgIpc) is 3.23. The highest BCUT2D eigenvalue weighted by Crippen LogP contribution is 2.40. The Hall–Kier alpha value is -1.91. The number of alkyl halides is 2. The lowest BCUT2D eigenvalue weighted by atomic mass is 9.95. The number of pyridine rings is 1. The Labute approximate surface area is 188 Å². The molecule has 5 heterocycles. The zero-order valence-electron chi connectivity index (χ0n) is 17.5. The molecule has 2 unspecified atom stereocenters. The predicted molar refractivity (Wildman–Crippen MR) is 113 cm³/mol. The summed E-state index contributed by atoms with van der Waals surface area (Å²) in [6.45, 7) is 1.82. The maximum absolute atomic E-state index is 14.8. The van der Waals surface area contributed by atoms with Crippen LogP contribution in [0.3, 0.4) is 0 Å². The fourth-order valence-corrected chi connectivity index (χ4v) is 5.38. The second-order valence-corrected chi connectivity index (χ2v) is 9.35. The van der Waals surface area contributed by atoms with Crippen molar-refractivity contribution in [2.75, 3.05) is 37.7 Å². The molecule has 3 saturated heterocycles. The third kappa shape index (κ3) is 3.86. The van der Waals surface area contributed by atoms with Gasteiger partial charge in [-0.2, -0.15) is 9.97 Å². The van der Waals surface area contributed by atoms with E-state index in [1.807, 2.05) is 0 Å². The van der Waals surface area contributed by atoms with Gasteiger partial charge in [-0.1, -0.05) is 11.6 Å². The number of anilines is 1. The first-order valence-electron chi connectivity index (χ1n) is 11.0. The number of β-amino-alcohol motifs (C(OH)–C–C–N with tert-alkyl or cyclic N) is 1. The Balaban J connectivity index is 1.50. The molecule has 3 aliphatic heterocycles. The normalized spacial score (nSPS) is 31.2. The van der Waals surface area contributed by atoms with Crippen molar-refractivity contribution < 1.29 is 23.0 Å². The lowest BCUT2D eigenvalue weighted by Crippen LogP contribution is -2.43. The standard InChI is InChI=1S/C21H25ClF3N5O2/c22-18-16(25)17-13(8-26-18)19(29-5-1-3-14(24)15(31)10-29)28-20(27-17)32-11-21-4-2-6-30(21)9-12(23)7-21/h8,12,14-15,31H,1-7,9-11H2/t12-,14?,15?,21+/m1/s1. The number of halogens is 4. The van der Waals surface area contributed by atoms with Gasteiger partial charge in [-0.15, -0.1) is 0 Å². The van der Waals surface area contributed by atoms with Crippen LogP contribution in [0, 0.1) is 5.82 Å². The summed E-state index contributed by atoms with van der Waals surface area (Å²) < 4.78 is 48.9. The number of rotatable bonds is 4. The highest BCUT2D eigenvalue weighted by atomic mass is 35.5. The van der Waals surface area contributed by atoms with Crippen LogP contribution in [0.1, 0.15) is 32.1 Å². The molecule has 1 N–H and O–H groups in total. The summed E-state index contributed by atoms with van der Waals surface area (Å²) in [5.74, 6) is -0.501. The number of aliphatic hydroxyl groups excluding tert-OH is 1. The average molecular weight is 472 g/mol. The van der Waals surface area contributed by atoms with Gasteiger partial charge >= 0.3 is 6.01 Å². The Morgan fingerprint density at radius 3 is 2.91 bits per heavy atom. The molecule has 3 aliphatic rings. The van der Waals surface area contributed by atoms with Crippen LogP contribution < -0.4 is 9.64 Å². The summed E-state index contributed by atoms with van der Waals surface area (Å²) in [4.78, 5) is 16.4. The van der Waals surface area contributed by atoms with Gasteiger partial charge in [0.2, 0.25) is 0 Å². The van der Waals surface area contributed by atoms with Gasteiger partial charge in [0.15, 0.2) is 11.0 Å². The van der Waals surface area contributed by atoms with E-state index in [0.717, 1.165) is 19.4 Å². The zero-order chi connectivity index (χ0) is 22.5. The van der Waals surface area contributed by atoms with E-state index < -0.39 is 29.8 Å². The first kappa shape index (κ1) is 21.9. The van der Waals surface area contributed by atoms with Gasteiger partial charge in [-0.05, 0) is 32.2 Å². The fourth-order valence-electron chi connectivity index (χ4n) is 5.25. The van der Waals surface area contributed by atoms with E-state index in [9.17, 15) is 18.3 Å². The number of fused-ring (bicyclic) bond motifs is 2. The minimum atomic E-state index is -1.34. The quantitative estimate of drug-likeness (QED) is 0.687. The number of aliphatic hydroxyl groups is 1. The number of hydrogen-bond donors (Lipinski definition) is 1. The third-order valence-electron chi connectivity index (χ3n) is 6.86. The lowest BCUT2D eigenvalue weighted by Gasteiger charge is -2.31. The van der Waals surface area contributed by atoms with E-state index in [1.165, 1.54) is 6.20 Å². The van der Waals surface area contributed by atoms with Gasteiger partial charge in [0.25, 0.3) is 0 Å². The van der Waals surface area contributed by atoms with Crippen molar-refractivity contribution in [3.63, 3.8) is 0 Å². The van der Waals surface area contributed by atoms with Crippen molar-refractivity contribution in [2.45, 2.75) is 56.1 Å². The Morgan fingerprint density at radius 2 is 2.06 bits per heavy atom. The topological polar surface area (TPSA) is 74.6 Å². The molecule has 11 heteroatoms. The van der Waals surface area contributed by atoms with E-state index in [0.29, 0.717) is 37.1 Å². The molecule has 0 aromatic carbocycles. The number of nitrogens with zero attached hydrogens (tertiary/aromatic N) is 5. The monoisotopic (exact) mass is 471 g/mol. The molecule has 4 atom stereocenters. The maximum Gasteiger partial charge on any atom is 0.319 e. The van der Waals surface area contributed by atoms with Crippen LogP contribution in [0.25, 0.3) is 10.9 Å². The van der Waals surface area contributed by atoms with E-state index in [-0.39, 0.29) is 36.3 Å². The van der Waals surface area contributed by atoms with Crippen molar-refractivity contribution in [3.05, 3.63) is 17.2 Å². The summed E-state index contributed by atoms with van der Waals surface area (Å²) in [5, 5.41) is 10.1. The van der Waals surface area contributed by atoms with Crippen LogP contribution >= 0.6 is 11.6 Å². The molecular formula is C21H25ClF3N5O2. The molecule has 0 bridgehead atoms. The molecule has 174 valence electrons. The molecule has 7 nitrogen and oxygen atoms in total. The molecule has 5 rings (SSSR count). The number of hydrogen-bond acceptors (Lipinski definition) is 7. The minimum absolute atomic E-state index is 0.00177. The highest BCUT2D eigenvalue weighted by Gasteiger charge is 2.49. The summed E-state index contributed by atoms with van der Waals surface area (Å²) >= 11 is 5.88. The van der Waals surface area contributed by atoms with Crippen LogP contribution in [0.5, 0.6) is 6.01 Å². The van der Waals surface area contributed by atoms with E-state index in [1.54, 1.807) is 4.90 Å². The van der Waals surface area contributed by atoms with Crippen molar-refractivity contribution >= 4 is 28.3 Å². The van der Waals surface area contributed by atoms with Crippen molar-refractivity contribution in [1.82, 2.24) is 19.9 Å². The van der Waals surface area contributed by atoms with Gasteiger partial charge in [-0.25, -0.2) is 18.2 Å². The molecule has 0 radical (unpaired) electrons. The van der Waals surface area contributed by atoms with Crippen LogP contribution in [0.2, 0.25) is 5.15 Å². The molecule has 2 aromatic heterocycles. The predicted octanol–water partition coefficient (Wildman–Crippen LogP) is 3.07. The molecule has 32 heavy (non-hydrogen) atoms. The van der Waals surface area contributed by atoms with Gasteiger partial charge in [-0.3, -0.25) is 4.90 Å². The smallest absolute Gasteiger partial charge is 0.319 e. The summed E-state index contributed by atoms with van der Waals surface area (Å²) in [5.41, 5.74) is -0.469. The van der Waals surface area contributed by atoms with Crippen LogP contribution in [-0.4, -0.2) is 81.7 Å². The Kier molecular flexibility index (Phi) is 5.79. The summed E-state index contributed by atoms with van der Waals surface area (Å²) in [7, 11) is 0. The van der Waals surface area contributed by atoms with Gasteiger partial charge in [0.05, 0.1) is 10.9 Å². The van der Waals surface area contributed by atoms with E-state index in [4.69, 9.17) is 16.3 Å². The largest absolute Gasteiger partial charge is 0.461 e. The molecule has 0 spiro atoms. The van der Waals surface area contributed by atoms with Crippen molar-refractivity contribution in [2.24, 2.45) is 0 Å². The second-order valence-electron chi connectivity index (χ2n) is 8.99. The molecule has 0 saturated carbocycles. The summed E-state index contributed by atoms with van der Waals surface area (Å²) in [6.07, 6.45) is 0.825. The summed E-state index contributed by atoms with van der Waals surface area (Å²) in [6, 6.07) is -0.0623. The van der Waals surface area contributed by atoms with E-state index in [2.05, 4.69) is 19.9 Å². The van der Waals surface area contributed by atoms with Gasteiger partial charge in [0, 0.05) is 32.3 Å². The van der Waals surface area contributed by atoms with Gasteiger partial charge in [0.1, 0.15) is 36.4 Å². The highest BCUT2D eigenvalue weighted by molar-refractivity contribution is 6.30. The zero-order valence-corrected chi connectivity index (χ0v) is 18.2. The van der Waals surface area contributed by atoms with E-state index >= 15 is 0 Å². The number of ether oxygens (including phenoxy) is 1. The van der Waals surface area contributed by atoms with Crippen molar-refractivity contribution in [3.8, 4) is 6.01 Å². The Morgan fingerprint density at radius 1 is 1.22 bits per heavy atom. The molecule has 0 aliphatic carbocycles. The van der Waals surface area contributed by atoms with Crippen molar-refractivity contribution in [1.29, 1.82) is 0 Å². The molecule has 2 aromatic rings. The molecule has 3 fully saturated rings. The first-order chi connectivity index (χ1) is 15.4. The van der Waals surface area contributed by atoms with Crippen LogP contribution in [-0.2, 0) is 0 Å². The second kappa shape index (κ2) is 8.46. The maximum atomic E-state index is 14.8. The minimum Gasteiger partial charge on any atom is -0.461 e. The third-order valence-corrected chi connectivity index (χ3v) is 7.13. The lowest BCUT2D eigenvalue weighted by molar-refractivity contribution is 0.0845. The molecule has 0 amide bonds.